The van der Waals surface area contributed by atoms with Crippen LogP contribution in [-0.4, -0.2) is 17.4 Å². The lowest BCUT2D eigenvalue weighted by molar-refractivity contribution is 0.102. The van der Waals surface area contributed by atoms with Gasteiger partial charge in [-0.3, -0.25) is 9.78 Å². The Hall–Kier alpha value is -2.87. The van der Waals surface area contributed by atoms with Gasteiger partial charge in [0.1, 0.15) is 0 Å². The lowest BCUT2D eigenvalue weighted by atomic mass is 10.2. The van der Waals surface area contributed by atoms with Crippen molar-refractivity contribution in [2.24, 2.45) is 0 Å². The fourth-order valence-electron chi connectivity index (χ4n) is 1.79. The summed E-state index contributed by atoms with van der Waals surface area (Å²) in [4.78, 5) is 16.2. The Morgan fingerprint density at radius 3 is 3.00 bits per heavy atom. The third-order valence-electron chi connectivity index (χ3n) is 2.68. The van der Waals surface area contributed by atoms with Crippen LogP contribution in [0.5, 0.6) is 0 Å². The van der Waals surface area contributed by atoms with Gasteiger partial charge in [-0.15, -0.1) is 0 Å². The number of nitrogens with one attached hydrogen (secondary N) is 2. The van der Waals surface area contributed by atoms with Crippen molar-refractivity contribution in [2.75, 3.05) is 17.2 Å². The predicted octanol–water partition coefficient (Wildman–Crippen LogP) is 2.64. The number of rotatable bonds is 4. The van der Waals surface area contributed by atoms with Gasteiger partial charge in [-0.25, -0.2) is 0 Å². The van der Waals surface area contributed by atoms with Gasteiger partial charge in [0.05, 0.1) is 29.1 Å². The average molecular weight is 266 g/mol. The van der Waals surface area contributed by atoms with Gasteiger partial charge in [0.15, 0.2) is 0 Å². The number of nitrogens with zero attached hydrogens (tertiary/aromatic N) is 2. The zero-order valence-electron chi connectivity index (χ0n) is 11.1. The molecule has 100 valence electrons. The summed E-state index contributed by atoms with van der Waals surface area (Å²) in [5, 5.41) is 14.7. The molecule has 0 fully saturated rings. The third-order valence-corrected chi connectivity index (χ3v) is 2.68. The van der Waals surface area contributed by atoms with Crippen molar-refractivity contribution < 1.29 is 4.79 Å². The first kappa shape index (κ1) is 13.6. The fourth-order valence-corrected chi connectivity index (χ4v) is 1.79. The number of carbonyl (C=O) groups is 1. The Kier molecular flexibility index (Phi) is 4.30. The van der Waals surface area contributed by atoms with Crippen molar-refractivity contribution in [3.05, 3.63) is 53.9 Å². The smallest absolute Gasteiger partial charge is 0.257 e. The van der Waals surface area contributed by atoms with E-state index < -0.39 is 0 Å². The largest absolute Gasteiger partial charge is 0.383 e. The topological polar surface area (TPSA) is 77.8 Å². The summed E-state index contributed by atoms with van der Waals surface area (Å²) in [7, 11) is 0. The second-order valence-electron chi connectivity index (χ2n) is 4.10. The molecule has 0 saturated heterocycles. The van der Waals surface area contributed by atoms with Gasteiger partial charge in [0, 0.05) is 18.4 Å². The van der Waals surface area contributed by atoms with Crippen LogP contribution in [0, 0.1) is 11.3 Å². The quantitative estimate of drug-likeness (QED) is 0.891. The summed E-state index contributed by atoms with van der Waals surface area (Å²) < 4.78 is 0. The SMILES string of the molecule is CCNc1cnccc1C(=O)Nc1cccc(C#N)c1. The minimum atomic E-state index is -0.238. The van der Waals surface area contributed by atoms with Gasteiger partial charge in [-0.2, -0.15) is 5.26 Å². The van der Waals surface area contributed by atoms with Gasteiger partial charge < -0.3 is 10.6 Å². The zero-order valence-corrected chi connectivity index (χ0v) is 11.1. The Morgan fingerprint density at radius 1 is 1.40 bits per heavy atom. The highest BCUT2D eigenvalue weighted by Crippen LogP contribution is 2.16. The van der Waals surface area contributed by atoms with Crippen LogP contribution in [0.1, 0.15) is 22.8 Å². The van der Waals surface area contributed by atoms with E-state index in [0.29, 0.717) is 29.0 Å². The molecule has 2 aromatic rings. The molecule has 1 aromatic heterocycles. The normalized spacial score (nSPS) is 9.60. The summed E-state index contributed by atoms with van der Waals surface area (Å²) in [6.45, 7) is 2.65. The van der Waals surface area contributed by atoms with Crippen molar-refractivity contribution >= 4 is 17.3 Å². The Balaban J connectivity index is 2.22. The van der Waals surface area contributed by atoms with E-state index >= 15 is 0 Å². The molecule has 0 aliphatic carbocycles. The number of anilines is 2. The predicted molar refractivity (Wildman–Crippen MR) is 77.5 cm³/mol. The molecule has 2 N–H and O–H groups in total. The molecular formula is C15H14N4O. The molecule has 5 nitrogen and oxygen atoms in total. The Bertz CT molecular complexity index is 661. The van der Waals surface area contributed by atoms with Gasteiger partial charge >= 0.3 is 0 Å². The van der Waals surface area contributed by atoms with E-state index in [1.807, 2.05) is 13.0 Å². The first-order valence-electron chi connectivity index (χ1n) is 6.24. The van der Waals surface area contributed by atoms with E-state index in [4.69, 9.17) is 5.26 Å². The fraction of sp³-hybridized carbons (Fsp3) is 0.133. The first-order valence-corrected chi connectivity index (χ1v) is 6.24. The number of amides is 1. The molecule has 1 heterocycles. The highest BCUT2D eigenvalue weighted by molar-refractivity contribution is 6.07. The first-order chi connectivity index (χ1) is 9.74. The monoisotopic (exact) mass is 266 g/mol. The second kappa shape index (κ2) is 6.34. The van der Waals surface area contributed by atoms with E-state index in [9.17, 15) is 4.79 Å². The van der Waals surface area contributed by atoms with Crippen LogP contribution in [0.2, 0.25) is 0 Å². The van der Waals surface area contributed by atoms with Crippen LogP contribution in [0.3, 0.4) is 0 Å². The van der Waals surface area contributed by atoms with E-state index in [1.165, 1.54) is 0 Å². The molecule has 1 aromatic carbocycles. The van der Waals surface area contributed by atoms with E-state index in [2.05, 4.69) is 15.6 Å². The van der Waals surface area contributed by atoms with Gasteiger partial charge in [0.25, 0.3) is 5.91 Å². The standard InChI is InChI=1S/C15H14N4O/c1-2-18-14-10-17-7-6-13(14)15(20)19-12-5-3-4-11(8-12)9-16/h3-8,10,18H,2H2,1H3,(H,19,20). The third kappa shape index (κ3) is 3.12. The Morgan fingerprint density at radius 2 is 2.25 bits per heavy atom. The molecule has 0 saturated carbocycles. The molecule has 20 heavy (non-hydrogen) atoms. The minimum absolute atomic E-state index is 0.238. The molecule has 0 spiro atoms. The maximum absolute atomic E-state index is 12.2. The number of hydrogen-bond acceptors (Lipinski definition) is 4. The maximum Gasteiger partial charge on any atom is 0.257 e. The van der Waals surface area contributed by atoms with E-state index in [1.54, 1.807) is 42.7 Å². The lowest BCUT2D eigenvalue weighted by Gasteiger charge is -2.10. The van der Waals surface area contributed by atoms with Gasteiger partial charge in [-0.1, -0.05) is 6.07 Å². The van der Waals surface area contributed by atoms with E-state index in [-0.39, 0.29) is 5.91 Å². The second-order valence-corrected chi connectivity index (χ2v) is 4.10. The molecule has 0 radical (unpaired) electrons. The summed E-state index contributed by atoms with van der Waals surface area (Å²) in [5.74, 6) is -0.238. The van der Waals surface area contributed by atoms with Crippen LogP contribution in [-0.2, 0) is 0 Å². The van der Waals surface area contributed by atoms with Crippen molar-refractivity contribution in [3.63, 3.8) is 0 Å². The van der Waals surface area contributed by atoms with Crippen molar-refractivity contribution in [3.8, 4) is 6.07 Å². The summed E-state index contributed by atoms with van der Waals surface area (Å²) >= 11 is 0. The molecular weight excluding hydrogens is 252 g/mol. The molecule has 0 bridgehead atoms. The number of benzene rings is 1. The molecule has 0 aliphatic rings. The summed E-state index contributed by atoms with van der Waals surface area (Å²) in [6, 6.07) is 10.5. The average Bonchev–Trinajstić information content (AvgIpc) is 2.48. The van der Waals surface area contributed by atoms with Crippen molar-refractivity contribution in [2.45, 2.75) is 6.92 Å². The number of hydrogen-bond donors (Lipinski definition) is 2. The highest BCUT2D eigenvalue weighted by atomic mass is 16.1. The van der Waals surface area contributed by atoms with Crippen LogP contribution < -0.4 is 10.6 Å². The summed E-state index contributed by atoms with van der Waals surface area (Å²) in [6.07, 6.45) is 3.19. The number of aromatic nitrogens is 1. The molecule has 1 amide bonds. The summed E-state index contributed by atoms with van der Waals surface area (Å²) in [5.41, 5.74) is 2.30. The number of pyridine rings is 1. The highest BCUT2D eigenvalue weighted by Gasteiger charge is 2.11. The minimum Gasteiger partial charge on any atom is -0.383 e. The Labute approximate surface area is 117 Å². The molecule has 2 rings (SSSR count). The number of nitriles is 1. The molecule has 0 aliphatic heterocycles. The number of carbonyl (C=O) groups excluding carboxylic acids is 1. The van der Waals surface area contributed by atoms with Crippen LogP contribution in [0.4, 0.5) is 11.4 Å². The molecule has 5 heteroatoms. The molecule has 0 atom stereocenters. The van der Waals surface area contributed by atoms with Crippen LogP contribution >= 0.6 is 0 Å². The zero-order chi connectivity index (χ0) is 14.4. The van der Waals surface area contributed by atoms with E-state index in [0.717, 1.165) is 0 Å². The molecule has 0 unspecified atom stereocenters. The van der Waals surface area contributed by atoms with Crippen molar-refractivity contribution in [1.82, 2.24) is 4.98 Å². The van der Waals surface area contributed by atoms with Crippen LogP contribution in [0.15, 0.2) is 42.7 Å². The van der Waals surface area contributed by atoms with Crippen LogP contribution in [0.25, 0.3) is 0 Å². The van der Waals surface area contributed by atoms with Crippen molar-refractivity contribution in [1.29, 1.82) is 5.26 Å². The maximum atomic E-state index is 12.2. The lowest BCUT2D eigenvalue weighted by Crippen LogP contribution is -2.15. The van der Waals surface area contributed by atoms with Gasteiger partial charge in [-0.05, 0) is 31.2 Å². The van der Waals surface area contributed by atoms with Gasteiger partial charge in [0.2, 0.25) is 0 Å².